The minimum atomic E-state index is -2.70. The summed E-state index contributed by atoms with van der Waals surface area (Å²) in [6.45, 7) is 0.842. The second-order valence-corrected chi connectivity index (χ2v) is 5.99. The number of hydrogen-bond acceptors (Lipinski definition) is 4. The van der Waals surface area contributed by atoms with Crippen LogP contribution in [0.2, 0.25) is 0 Å². The molecule has 5 nitrogen and oxygen atoms in total. The van der Waals surface area contributed by atoms with Gasteiger partial charge in [-0.05, 0) is 30.5 Å². The molecule has 25 heavy (non-hydrogen) atoms. The highest BCUT2D eigenvalue weighted by atomic mass is 19.3. The number of hydrogen-bond donors (Lipinski definition) is 0. The normalized spacial score (nSPS) is 18.0. The fourth-order valence-electron chi connectivity index (χ4n) is 3.15. The molecule has 3 heterocycles. The highest BCUT2D eigenvalue weighted by Gasteiger charge is 2.25. The molecular formula is C18H17F2N5. The van der Waals surface area contributed by atoms with Crippen molar-refractivity contribution in [1.29, 1.82) is 0 Å². The first kappa shape index (κ1) is 15.7. The van der Waals surface area contributed by atoms with Gasteiger partial charge in [0.1, 0.15) is 5.82 Å². The molecule has 0 bridgehead atoms. The Morgan fingerprint density at radius 3 is 2.72 bits per heavy atom. The maximum absolute atomic E-state index is 13.0. The molecule has 1 atom stereocenters. The molecule has 2 aromatic heterocycles. The van der Waals surface area contributed by atoms with Crippen molar-refractivity contribution in [2.75, 3.05) is 11.4 Å². The molecule has 0 saturated carbocycles. The molecule has 128 valence electrons. The van der Waals surface area contributed by atoms with E-state index in [1.807, 2.05) is 36.4 Å². The fraction of sp³-hybridized carbons (Fsp3) is 0.278. The predicted octanol–water partition coefficient (Wildman–Crippen LogP) is 3.74. The minimum absolute atomic E-state index is 0.191. The first-order chi connectivity index (χ1) is 12.2. The predicted molar refractivity (Wildman–Crippen MR) is 91.6 cm³/mol. The Balaban J connectivity index is 1.62. The van der Waals surface area contributed by atoms with Gasteiger partial charge < -0.3 is 4.90 Å². The number of alkyl halides is 2. The lowest BCUT2D eigenvalue weighted by atomic mass is 10.1. The van der Waals surface area contributed by atoms with E-state index < -0.39 is 12.2 Å². The topological polar surface area (TPSA) is 46.3 Å². The van der Waals surface area contributed by atoms with Gasteiger partial charge in [0.2, 0.25) is 5.82 Å². The first-order valence-electron chi connectivity index (χ1n) is 8.23. The molecule has 1 aliphatic rings. The molecule has 0 amide bonds. The van der Waals surface area contributed by atoms with E-state index in [1.165, 1.54) is 0 Å². The van der Waals surface area contributed by atoms with Crippen molar-refractivity contribution in [1.82, 2.24) is 19.8 Å². The standard InChI is InChI=1S/C18H17F2N5/c19-17(20)18-22-21-15-10-11-16(23-25(15)18)24-12-4-7-14(24)9-8-13-5-2-1-3-6-13/h1-3,5-6,8-11,14,17H,4,7,12H2/b9-8+. The molecule has 1 fully saturated rings. The van der Waals surface area contributed by atoms with Crippen LogP contribution in [0.4, 0.5) is 14.6 Å². The van der Waals surface area contributed by atoms with Crippen LogP contribution in [0.3, 0.4) is 0 Å². The van der Waals surface area contributed by atoms with Crippen LogP contribution in [0.1, 0.15) is 30.7 Å². The fourth-order valence-corrected chi connectivity index (χ4v) is 3.15. The number of nitrogens with zero attached hydrogens (tertiary/aromatic N) is 5. The Labute approximate surface area is 143 Å². The maximum Gasteiger partial charge on any atom is 0.299 e. The average molecular weight is 341 g/mol. The van der Waals surface area contributed by atoms with Crippen molar-refractivity contribution in [3.63, 3.8) is 0 Å². The van der Waals surface area contributed by atoms with Gasteiger partial charge in [-0.25, -0.2) is 8.78 Å². The van der Waals surface area contributed by atoms with E-state index in [0.717, 1.165) is 29.5 Å². The molecule has 0 spiro atoms. The summed E-state index contributed by atoms with van der Waals surface area (Å²) in [6, 6.07) is 13.8. The van der Waals surface area contributed by atoms with Gasteiger partial charge in [-0.3, -0.25) is 0 Å². The summed E-state index contributed by atoms with van der Waals surface area (Å²) in [5.74, 6) is 0.238. The third-order valence-corrected chi connectivity index (χ3v) is 4.37. The van der Waals surface area contributed by atoms with Crippen LogP contribution in [-0.4, -0.2) is 32.4 Å². The first-order valence-corrected chi connectivity index (χ1v) is 8.23. The number of halogens is 2. The summed E-state index contributed by atoms with van der Waals surface area (Å²) in [5, 5.41) is 11.6. The van der Waals surface area contributed by atoms with Gasteiger partial charge in [0.15, 0.2) is 5.65 Å². The van der Waals surface area contributed by atoms with Crippen molar-refractivity contribution < 1.29 is 8.78 Å². The van der Waals surface area contributed by atoms with E-state index in [9.17, 15) is 8.78 Å². The minimum Gasteiger partial charge on any atom is -0.349 e. The second kappa shape index (κ2) is 6.58. The van der Waals surface area contributed by atoms with E-state index in [4.69, 9.17) is 0 Å². The molecule has 7 heteroatoms. The molecule has 4 rings (SSSR count). The zero-order valence-corrected chi connectivity index (χ0v) is 13.5. The van der Waals surface area contributed by atoms with Crippen LogP contribution in [0, 0.1) is 0 Å². The molecule has 0 aliphatic carbocycles. The summed E-state index contributed by atoms with van der Waals surface area (Å²) in [7, 11) is 0. The summed E-state index contributed by atoms with van der Waals surface area (Å²) in [4.78, 5) is 2.13. The highest BCUT2D eigenvalue weighted by molar-refractivity contribution is 5.53. The van der Waals surface area contributed by atoms with E-state index in [2.05, 4.69) is 32.3 Å². The molecule has 0 N–H and O–H groups in total. The van der Waals surface area contributed by atoms with Crippen molar-refractivity contribution in [2.24, 2.45) is 0 Å². The van der Waals surface area contributed by atoms with Crippen molar-refractivity contribution in [2.45, 2.75) is 25.3 Å². The van der Waals surface area contributed by atoms with Crippen molar-refractivity contribution in [3.8, 4) is 0 Å². The smallest absolute Gasteiger partial charge is 0.299 e. The van der Waals surface area contributed by atoms with Gasteiger partial charge in [0.25, 0.3) is 6.43 Å². The Kier molecular flexibility index (Phi) is 4.13. The van der Waals surface area contributed by atoms with Crippen molar-refractivity contribution in [3.05, 3.63) is 59.9 Å². The van der Waals surface area contributed by atoms with Crippen LogP contribution < -0.4 is 4.90 Å². The van der Waals surface area contributed by atoms with Gasteiger partial charge in [-0.2, -0.15) is 4.52 Å². The lowest BCUT2D eigenvalue weighted by molar-refractivity contribution is 0.137. The maximum atomic E-state index is 13.0. The van der Waals surface area contributed by atoms with Gasteiger partial charge in [0.05, 0.1) is 0 Å². The molecule has 3 aromatic rings. The Morgan fingerprint density at radius 1 is 1.08 bits per heavy atom. The number of aromatic nitrogens is 4. The number of fused-ring (bicyclic) bond motifs is 1. The van der Waals surface area contributed by atoms with Crippen LogP contribution in [0.25, 0.3) is 11.7 Å². The van der Waals surface area contributed by atoms with Gasteiger partial charge in [-0.15, -0.1) is 15.3 Å². The summed E-state index contributed by atoms with van der Waals surface area (Å²) >= 11 is 0. The summed E-state index contributed by atoms with van der Waals surface area (Å²) in [6.07, 6.45) is 3.57. The summed E-state index contributed by atoms with van der Waals surface area (Å²) in [5.41, 5.74) is 1.46. The SMILES string of the molecule is FC(F)c1nnc2ccc(N3CCCC3/C=C/c3ccccc3)nn12. The van der Waals surface area contributed by atoms with Gasteiger partial charge in [-0.1, -0.05) is 42.5 Å². The average Bonchev–Trinajstić information content (AvgIpc) is 3.27. The van der Waals surface area contributed by atoms with E-state index >= 15 is 0 Å². The highest BCUT2D eigenvalue weighted by Crippen LogP contribution is 2.26. The zero-order valence-electron chi connectivity index (χ0n) is 13.5. The molecular weight excluding hydrogens is 324 g/mol. The Bertz CT molecular complexity index is 891. The molecule has 1 unspecified atom stereocenters. The summed E-state index contributed by atoms with van der Waals surface area (Å²) < 4.78 is 27.2. The molecule has 1 aromatic carbocycles. The third kappa shape index (κ3) is 3.09. The van der Waals surface area contributed by atoms with Crippen LogP contribution in [0.5, 0.6) is 0 Å². The lowest BCUT2D eigenvalue weighted by Crippen LogP contribution is -2.28. The number of rotatable bonds is 4. The van der Waals surface area contributed by atoms with E-state index in [1.54, 1.807) is 6.07 Å². The molecule has 0 radical (unpaired) electrons. The Hall–Kier alpha value is -2.83. The number of benzene rings is 1. The van der Waals surface area contributed by atoms with Crippen LogP contribution in [-0.2, 0) is 0 Å². The number of anilines is 1. The lowest BCUT2D eigenvalue weighted by Gasteiger charge is -2.23. The Morgan fingerprint density at radius 2 is 1.92 bits per heavy atom. The van der Waals surface area contributed by atoms with Crippen molar-refractivity contribution >= 4 is 17.5 Å². The van der Waals surface area contributed by atoms with Gasteiger partial charge in [0, 0.05) is 12.6 Å². The second-order valence-electron chi connectivity index (χ2n) is 5.99. The van der Waals surface area contributed by atoms with Crippen LogP contribution in [0.15, 0.2) is 48.5 Å². The third-order valence-electron chi connectivity index (χ3n) is 4.37. The largest absolute Gasteiger partial charge is 0.349 e. The monoisotopic (exact) mass is 341 g/mol. The van der Waals surface area contributed by atoms with Crippen LogP contribution >= 0.6 is 0 Å². The molecule has 1 aliphatic heterocycles. The van der Waals surface area contributed by atoms with E-state index in [0.29, 0.717) is 11.5 Å². The zero-order chi connectivity index (χ0) is 17.2. The van der Waals surface area contributed by atoms with Gasteiger partial charge >= 0.3 is 0 Å². The molecule has 1 saturated heterocycles. The van der Waals surface area contributed by atoms with E-state index in [-0.39, 0.29) is 6.04 Å². The quantitative estimate of drug-likeness (QED) is 0.725.